The minimum Gasteiger partial charge on any atom is -0.361 e. The van der Waals surface area contributed by atoms with E-state index in [0.717, 1.165) is 21.9 Å². The van der Waals surface area contributed by atoms with Gasteiger partial charge in [-0.1, -0.05) is 11.2 Å². The summed E-state index contributed by atoms with van der Waals surface area (Å²) in [5, 5.41) is 8.69. The minimum absolute atomic E-state index is 0.0208. The molecule has 0 radical (unpaired) electrons. The Balaban J connectivity index is 1.88. The third kappa shape index (κ3) is 2.94. The number of nitrogens with zero attached hydrogens (tertiary/aromatic N) is 1. The Morgan fingerprint density at radius 2 is 2.35 bits per heavy atom. The predicted octanol–water partition coefficient (Wildman–Crippen LogP) is 2.21. The van der Waals surface area contributed by atoms with Crippen molar-refractivity contribution in [2.75, 3.05) is 0 Å². The SMILES string of the molecule is Cc1noc(C)c1CNC(=O)Cc1cccs1. The van der Waals surface area contributed by atoms with Crippen LogP contribution < -0.4 is 5.32 Å². The van der Waals surface area contributed by atoms with Gasteiger partial charge in [0.15, 0.2) is 0 Å². The Hall–Kier alpha value is -1.62. The Bertz CT molecular complexity index is 483. The summed E-state index contributed by atoms with van der Waals surface area (Å²) in [5.74, 6) is 0.784. The van der Waals surface area contributed by atoms with Crippen molar-refractivity contribution >= 4 is 17.2 Å². The highest BCUT2D eigenvalue weighted by Gasteiger charge is 2.10. The van der Waals surface area contributed by atoms with Crippen molar-refractivity contribution in [2.24, 2.45) is 0 Å². The number of hydrogen-bond acceptors (Lipinski definition) is 4. The van der Waals surface area contributed by atoms with E-state index < -0.39 is 0 Å². The second-order valence-corrected chi connectivity index (χ2v) is 4.87. The summed E-state index contributed by atoms with van der Waals surface area (Å²) in [7, 11) is 0. The summed E-state index contributed by atoms with van der Waals surface area (Å²) in [5.41, 5.74) is 1.79. The van der Waals surface area contributed by atoms with Crippen molar-refractivity contribution in [1.82, 2.24) is 10.5 Å². The van der Waals surface area contributed by atoms with Gasteiger partial charge < -0.3 is 9.84 Å². The quantitative estimate of drug-likeness (QED) is 0.905. The molecule has 2 aromatic heterocycles. The summed E-state index contributed by atoms with van der Waals surface area (Å²) >= 11 is 1.59. The zero-order valence-electron chi connectivity index (χ0n) is 9.82. The van der Waals surface area contributed by atoms with Crippen LogP contribution in [0.4, 0.5) is 0 Å². The van der Waals surface area contributed by atoms with E-state index in [-0.39, 0.29) is 5.91 Å². The summed E-state index contributed by atoms with van der Waals surface area (Å²) in [4.78, 5) is 12.7. The largest absolute Gasteiger partial charge is 0.361 e. The fraction of sp³-hybridized carbons (Fsp3) is 0.333. The molecule has 0 atom stereocenters. The molecule has 0 saturated heterocycles. The molecule has 17 heavy (non-hydrogen) atoms. The molecule has 1 amide bonds. The first-order valence-electron chi connectivity index (χ1n) is 5.37. The molecule has 0 spiro atoms. The third-order valence-electron chi connectivity index (χ3n) is 2.56. The molecule has 0 aliphatic rings. The first kappa shape index (κ1) is 11.9. The van der Waals surface area contributed by atoms with E-state index in [0.29, 0.717) is 13.0 Å². The number of aryl methyl sites for hydroxylation is 2. The lowest BCUT2D eigenvalue weighted by molar-refractivity contribution is -0.120. The van der Waals surface area contributed by atoms with E-state index in [4.69, 9.17) is 4.52 Å². The van der Waals surface area contributed by atoms with E-state index in [1.807, 2.05) is 31.4 Å². The highest BCUT2D eigenvalue weighted by atomic mass is 32.1. The van der Waals surface area contributed by atoms with Crippen LogP contribution in [-0.4, -0.2) is 11.1 Å². The fourth-order valence-corrected chi connectivity index (χ4v) is 2.28. The molecule has 1 N–H and O–H groups in total. The molecule has 5 heteroatoms. The van der Waals surface area contributed by atoms with Gasteiger partial charge in [-0.3, -0.25) is 4.79 Å². The Labute approximate surface area is 104 Å². The minimum atomic E-state index is 0.0208. The predicted molar refractivity (Wildman–Crippen MR) is 65.8 cm³/mol. The maximum absolute atomic E-state index is 11.7. The van der Waals surface area contributed by atoms with Gasteiger partial charge in [0.2, 0.25) is 5.91 Å². The molecule has 0 aliphatic carbocycles. The van der Waals surface area contributed by atoms with Crippen LogP contribution in [0.25, 0.3) is 0 Å². The van der Waals surface area contributed by atoms with Crippen LogP contribution >= 0.6 is 11.3 Å². The molecule has 90 valence electrons. The van der Waals surface area contributed by atoms with E-state index >= 15 is 0 Å². The maximum Gasteiger partial charge on any atom is 0.225 e. The maximum atomic E-state index is 11.7. The van der Waals surface area contributed by atoms with Gasteiger partial charge in [0.25, 0.3) is 0 Å². The molecular formula is C12H14N2O2S. The summed E-state index contributed by atoms with van der Waals surface area (Å²) in [6.45, 7) is 4.20. The van der Waals surface area contributed by atoms with Gasteiger partial charge in [-0.15, -0.1) is 11.3 Å². The standard InChI is InChI=1S/C12H14N2O2S/c1-8-11(9(2)16-14-8)7-13-12(15)6-10-4-3-5-17-10/h3-5H,6-7H2,1-2H3,(H,13,15). The fourth-order valence-electron chi connectivity index (χ4n) is 1.58. The van der Waals surface area contributed by atoms with Crippen LogP contribution in [0.3, 0.4) is 0 Å². The van der Waals surface area contributed by atoms with Gasteiger partial charge in [-0.25, -0.2) is 0 Å². The molecule has 2 rings (SSSR count). The van der Waals surface area contributed by atoms with Crippen molar-refractivity contribution < 1.29 is 9.32 Å². The van der Waals surface area contributed by atoms with E-state index in [2.05, 4.69) is 10.5 Å². The van der Waals surface area contributed by atoms with Crippen LogP contribution in [0.1, 0.15) is 21.9 Å². The molecule has 0 aliphatic heterocycles. The number of carbonyl (C=O) groups is 1. The lowest BCUT2D eigenvalue weighted by Gasteiger charge is -2.03. The number of nitrogens with one attached hydrogen (secondary N) is 1. The van der Waals surface area contributed by atoms with Crippen LogP contribution in [0.5, 0.6) is 0 Å². The molecule has 0 saturated carbocycles. The molecule has 0 fully saturated rings. The molecule has 0 unspecified atom stereocenters. The lowest BCUT2D eigenvalue weighted by atomic mass is 10.2. The first-order valence-corrected chi connectivity index (χ1v) is 6.25. The van der Waals surface area contributed by atoms with Crippen molar-refractivity contribution in [3.8, 4) is 0 Å². The van der Waals surface area contributed by atoms with Crippen molar-refractivity contribution in [3.63, 3.8) is 0 Å². The summed E-state index contributed by atoms with van der Waals surface area (Å²) < 4.78 is 5.03. The van der Waals surface area contributed by atoms with Crippen LogP contribution in [0.2, 0.25) is 0 Å². The second kappa shape index (κ2) is 5.14. The molecule has 2 heterocycles. The smallest absolute Gasteiger partial charge is 0.225 e. The molecule has 0 aromatic carbocycles. The number of aromatic nitrogens is 1. The highest BCUT2D eigenvalue weighted by molar-refractivity contribution is 7.10. The van der Waals surface area contributed by atoms with Gasteiger partial charge in [0, 0.05) is 17.0 Å². The highest BCUT2D eigenvalue weighted by Crippen LogP contribution is 2.12. The second-order valence-electron chi connectivity index (χ2n) is 3.84. The normalized spacial score (nSPS) is 10.5. The Morgan fingerprint density at radius 3 is 2.94 bits per heavy atom. The average Bonchev–Trinajstić information content (AvgIpc) is 2.88. The van der Waals surface area contributed by atoms with Gasteiger partial charge in [-0.05, 0) is 25.3 Å². The van der Waals surface area contributed by atoms with Gasteiger partial charge in [-0.2, -0.15) is 0 Å². The summed E-state index contributed by atoms with van der Waals surface area (Å²) in [6.07, 6.45) is 0.432. The number of carbonyl (C=O) groups excluding carboxylic acids is 1. The van der Waals surface area contributed by atoms with Crippen LogP contribution in [-0.2, 0) is 17.8 Å². The monoisotopic (exact) mass is 250 g/mol. The zero-order valence-corrected chi connectivity index (χ0v) is 10.6. The van der Waals surface area contributed by atoms with Gasteiger partial charge in [0.1, 0.15) is 5.76 Å². The molecule has 4 nitrogen and oxygen atoms in total. The number of amides is 1. The van der Waals surface area contributed by atoms with Crippen molar-refractivity contribution in [3.05, 3.63) is 39.4 Å². The Kier molecular flexibility index (Phi) is 3.58. The summed E-state index contributed by atoms with van der Waals surface area (Å²) in [6, 6.07) is 3.90. The number of thiophene rings is 1. The van der Waals surface area contributed by atoms with E-state index in [1.54, 1.807) is 11.3 Å². The number of hydrogen-bond donors (Lipinski definition) is 1. The molecule has 0 bridgehead atoms. The van der Waals surface area contributed by atoms with Crippen molar-refractivity contribution in [2.45, 2.75) is 26.8 Å². The topological polar surface area (TPSA) is 55.1 Å². The lowest BCUT2D eigenvalue weighted by Crippen LogP contribution is -2.24. The number of rotatable bonds is 4. The Morgan fingerprint density at radius 1 is 1.53 bits per heavy atom. The molecular weight excluding hydrogens is 236 g/mol. The average molecular weight is 250 g/mol. The van der Waals surface area contributed by atoms with E-state index in [9.17, 15) is 4.79 Å². The third-order valence-corrected chi connectivity index (χ3v) is 3.43. The van der Waals surface area contributed by atoms with E-state index in [1.165, 1.54) is 0 Å². The molecule has 2 aromatic rings. The van der Waals surface area contributed by atoms with Gasteiger partial charge in [0.05, 0.1) is 12.1 Å². The van der Waals surface area contributed by atoms with Crippen molar-refractivity contribution in [1.29, 1.82) is 0 Å². The van der Waals surface area contributed by atoms with Crippen LogP contribution in [0.15, 0.2) is 22.0 Å². The van der Waals surface area contributed by atoms with Crippen LogP contribution in [0, 0.1) is 13.8 Å². The zero-order chi connectivity index (χ0) is 12.3. The first-order chi connectivity index (χ1) is 8.16. The van der Waals surface area contributed by atoms with Gasteiger partial charge >= 0.3 is 0 Å².